The number of aliphatic hydroxyl groups is 1. The van der Waals surface area contributed by atoms with Crippen LogP contribution in [0.4, 0.5) is 0 Å². The van der Waals surface area contributed by atoms with Gasteiger partial charge in [-0.1, -0.05) is 25.1 Å². The van der Waals surface area contributed by atoms with Gasteiger partial charge in [-0.05, 0) is 51.5 Å². The van der Waals surface area contributed by atoms with Crippen molar-refractivity contribution in [1.29, 1.82) is 0 Å². The first-order valence-corrected chi connectivity index (χ1v) is 13.2. The number of benzene rings is 2. The van der Waals surface area contributed by atoms with Crippen LogP contribution in [0.3, 0.4) is 0 Å². The van der Waals surface area contributed by atoms with Gasteiger partial charge in [0.2, 0.25) is 5.91 Å². The highest BCUT2D eigenvalue weighted by atomic mass is 16.5. The number of nitrogens with zero attached hydrogens (tertiary/aromatic N) is 2. The minimum absolute atomic E-state index is 0.0680. The van der Waals surface area contributed by atoms with Crippen molar-refractivity contribution in [2.75, 3.05) is 6.61 Å². The molecular weight excluding hydrogens is 484 g/mol. The van der Waals surface area contributed by atoms with E-state index in [1.165, 1.54) is 4.90 Å². The van der Waals surface area contributed by atoms with Gasteiger partial charge in [-0.2, -0.15) is 0 Å². The van der Waals surface area contributed by atoms with Crippen LogP contribution in [0.1, 0.15) is 86.9 Å². The number of hydrogen-bond acceptors (Lipinski definition) is 7. The smallest absolute Gasteiger partial charge is 0.251 e. The minimum Gasteiger partial charge on any atom is -0.493 e. The first kappa shape index (κ1) is 26.0. The number of carbonyl (C=O) groups excluding carboxylic acids is 2. The Kier molecular flexibility index (Phi) is 6.59. The van der Waals surface area contributed by atoms with Gasteiger partial charge in [-0.25, -0.2) is 4.99 Å². The predicted octanol–water partition coefficient (Wildman–Crippen LogP) is 3.62. The van der Waals surface area contributed by atoms with E-state index < -0.39 is 23.3 Å². The van der Waals surface area contributed by atoms with E-state index in [9.17, 15) is 14.7 Å². The number of aliphatic imine (C=N–C) groups is 1. The first-order valence-electron chi connectivity index (χ1n) is 13.2. The summed E-state index contributed by atoms with van der Waals surface area (Å²) in [7, 11) is 0. The van der Waals surface area contributed by atoms with Crippen LogP contribution < -0.4 is 20.5 Å². The van der Waals surface area contributed by atoms with Crippen LogP contribution >= 0.6 is 0 Å². The Balaban J connectivity index is 1.48. The number of fused-ring (bicyclic) bond motifs is 2. The standard InChI is InChI=1S/C29H36N4O5/c1-5-29(4)16-24(35)33(27(30)32-29)25-19-14-17(10-11-22(19)37-13-12-21(25)34)26(36)31-20-15-28(2,3)38-23-9-7-6-8-18(20)23/h6-11,14,20-21,25,34H,5,12-13,15-16H2,1-4H3,(H2,30,32)(H,31,36). The molecular formula is C29H36N4O5. The van der Waals surface area contributed by atoms with E-state index >= 15 is 0 Å². The van der Waals surface area contributed by atoms with Crippen molar-refractivity contribution in [3.05, 3.63) is 59.2 Å². The van der Waals surface area contributed by atoms with Crippen LogP contribution in [0.5, 0.6) is 11.5 Å². The summed E-state index contributed by atoms with van der Waals surface area (Å²) in [6, 6.07) is 11.8. The topological polar surface area (TPSA) is 126 Å². The molecule has 2 aromatic rings. The monoisotopic (exact) mass is 520 g/mol. The summed E-state index contributed by atoms with van der Waals surface area (Å²) in [4.78, 5) is 32.8. The molecule has 2 amide bonds. The lowest BCUT2D eigenvalue weighted by atomic mass is 9.89. The second-order valence-electron chi connectivity index (χ2n) is 11.3. The molecule has 9 heteroatoms. The Bertz CT molecular complexity index is 1290. The Hall–Kier alpha value is -3.59. The van der Waals surface area contributed by atoms with Crippen LogP contribution in [0.25, 0.3) is 0 Å². The molecule has 4 unspecified atom stereocenters. The normalized spacial score (nSPS) is 28.1. The number of carbonyl (C=O) groups is 2. The summed E-state index contributed by atoms with van der Waals surface area (Å²) >= 11 is 0. The second kappa shape index (κ2) is 9.62. The third-order valence-corrected chi connectivity index (χ3v) is 7.78. The molecule has 9 nitrogen and oxygen atoms in total. The van der Waals surface area contributed by atoms with Gasteiger partial charge in [0.25, 0.3) is 5.91 Å². The minimum atomic E-state index is -0.943. The number of nitrogens with one attached hydrogen (secondary N) is 1. The summed E-state index contributed by atoms with van der Waals surface area (Å²) in [5.41, 5.74) is 7.15. The largest absolute Gasteiger partial charge is 0.493 e. The van der Waals surface area contributed by atoms with Gasteiger partial charge < -0.3 is 25.6 Å². The maximum Gasteiger partial charge on any atom is 0.251 e. The van der Waals surface area contributed by atoms with Crippen molar-refractivity contribution in [1.82, 2.24) is 10.2 Å². The highest BCUT2D eigenvalue weighted by molar-refractivity contribution is 6.00. The number of nitrogens with two attached hydrogens (primary N) is 1. The molecule has 38 heavy (non-hydrogen) atoms. The van der Waals surface area contributed by atoms with Crippen molar-refractivity contribution in [2.24, 2.45) is 10.7 Å². The quantitative estimate of drug-likeness (QED) is 0.565. The van der Waals surface area contributed by atoms with E-state index in [4.69, 9.17) is 15.2 Å². The second-order valence-corrected chi connectivity index (χ2v) is 11.3. The zero-order chi connectivity index (χ0) is 27.2. The average molecular weight is 521 g/mol. The molecule has 0 aliphatic carbocycles. The number of para-hydroxylation sites is 1. The Morgan fingerprint density at radius 2 is 1.95 bits per heavy atom. The van der Waals surface area contributed by atoms with Crippen LogP contribution in [0, 0.1) is 0 Å². The van der Waals surface area contributed by atoms with Gasteiger partial charge in [-0.3, -0.25) is 14.5 Å². The first-order chi connectivity index (χ1) is 18.0. The zero-order valence-corrected chi connectivity index (χ0v) is 22.4. The molecule has 5 rings (SSSR count). The molecule has 4 N–H and O–H groups in total. The fourth-order valence-corrected chi connectivity index (χ4v) is 5.60. The molecule has 202 valence electrons. The molecule has 0 spiro atoms. The molecule has 0 bridgehead atoms. The molecule has 0 saturated heterocycles. The number of rotatable bonds is 4. The van der Waals surface area contributed by atoms with Crippen LogP contribution in [0.2, 0.25) is 0 Å². The fraction of sp³-hybridized carbons (Fsp3) is 0.483. The van der Waals surface area contributed by atoms with Crippen molar-refractivity contribution in [3.63, 3.8) is 0 Å². The molecule has 0 saturated carbocycles. The van der Waals surface area contributed by atoms with E-state index in [-0.39, 0.29) is 36.8 Å². The highest BCUT2D eigenvalue weighted by Crippen LogP contribution is 2.41. The van der Waals surface area contributed by atoms with E-state index in [0.29, 0.717) is 36.1 Å². The Morgan fingerprint density at radius 3 is 2.68 bits per heavy atom. The van der Waals surface area contributed by atoms with Crippen LogP contribution in [-0.4, -0.2) is 51.6 Å². The van der Waals surface area contributed by atoms with Gasteiger partial charge in [-0.15, -0.1) is 0 Å². The van der Waals surface area contributed by atoms with E-state index in [1.807, 2.05) is 52.0 Å². The van der Waals surface area contributed by atoms with E-state index in [1.54, 1.807) is 18.2 Å². The summed E-state index contributed by atoms with van der Waals surface area (Å²) in [6.45, 7) is 8.13. The Morgan fingerprint density at radius 1 is 1.18 bits per heavy atom. The van der Waals surface area contributed by atoms with Gasteiger partial charge in [0, 0.05) is 29.5 Å². The van der Waals surface area contributed by atoms with Gasteiger partial charge in [0.15, 0.2) is 5.96 Å². The lowest BCUT2D eigenvalue weighted by Gasteiger charge is -2.40. The molecule has 3 heterocycles. The summed E-state index contributed by atoms with van der Waals surface area (Å²) in [5.74, 6) is 0.844. The molecule has 0 fully saturated rings. The van der Waals surface area contributed by atoms with Gasteiger partial charge in [0.1, 0.15) is 17.1 Å². The third-order valence-electron chi connectivity index (χ3n) is 7.78. The summed E-state index contributed by atoms with van der Waals surface area (Å²) in [5, 5.41) is 14.3. The molecule has 0 radical (unpaired) electrons. The lowest BCUT2D eigenvalue weighted by Crippen LogP contribution is -2.54. The number of ether oxygens (including phenoxy) is 2. The van der Waals surface area contributed by atoms with Gasteiger partial charge in [0.05, 0.1) is 36.8 Å². The van der Waals surface area contributed by atoms with Crippen molar-refractivity contribution in [2.45, 2.75) is 82.7 Å². The van der Waals surface area contributed by atoms with Gasteiger partial charge >= 0.3 is 0 Å². The highest BCUT2D eigenvalue weighted by Gasteiger charge is 2.43. The number of amides is 2. The summed E-state index contributed by atoms with van der Waals surface area (Å²) < 4.78 is 12.0. The predicted molar refractivity (Wildman–Crippen MR) is 143 cm³/mol. The average Bonchev–Trinajstić information content (AvgIpc) is 3.01. The number of aliphatic hydroxyl groups excluding tert-OH is 1. The molecule has 4 atom stereocenters. The maximum absolute atomic E-state index is 13.5. The number of guanidine groups is 1. The lowest BCUT2D eigenvalue weighted by molar-refractivity contribution is -0.133. The SMILES string of the molecule is CCC1(C)CC(=O)N(C2c3cc(C(=O)NC4CC(C)(C)Oc5ccccc54)ccc3OCCC2O)C(N)=N1. The van der Waals surface area contributed by atoms with Crippen molar-refractivity contribution < 1.29 is 24.2 Å². The number of hydrogen-bond donors (Lipinski definition) is 3. The zero-order valence-electron chi connectivity index (χ0n) is 22.4. The van der Waals surface area contributed by atoms with Crippen molar-refractivity contribution >= 4 is 17.8 Å². The molecule has 3 aliphatic rings. The molecule has 3 aliphatic heterocycles. The van der Waals surface area contributed by atoms with E-state index in [0.717, 1.165) is 11.3 Å². The van der Waals surface area contributed by atoms with Crippen molar-refractivity contribution in [3.8, 4) is 11.5 Å². The fourth-order valence-electron chi connectivity index (χ4n) is 5.60. The summed E-state index contributed by atoms with van der Waals surface area (Å²) in [6.07, 6.45) is 0.814. The maximum atomic E-state index is 13.5. The van der Waals surface area contributed by atoms with Crippen LogP contribution in [0.15, 0.2) is 47.5 Å². The van der Waals surface area contributed by atoms with E-state index in [2.05, 4.69) is 10.3 Å². The Labute approximate surface area is 223 Å². The van der Waals surface area contributed by atoms with Crippen LogP contribution in [-0.2, 0) is 4.79 Å². The molecule has 2 aromatic carbocycles. The third kappa shape index (κ3) is 4.82. The molecule has 0 aromatic heterocycles.